The van der Waals surface area contributed by atoms with Crippen LogP contribution in [0.3, 0.4) is 0 Å². The van der Waals surface area contributed by atoms with E-state index in [-0.39, 0.29) is 23.9 Å². The quantitative estimate of drug-likeness (QED) is 0.365. The van der Waals surface area contributed by atoms with Crippen molar-refractivity contribution in [3.05, 3.63) is 10.1 Å². The second-order valence-electron chi connectivity index (χ2n) is 4.03. The average Bonchev–Trinajstić information content (AvgIpc) is 2.32. The third-order valence-electron chi connectivity index (χ3n) is 2.08. The van der Waals surface area contributed by atoms with Gasteiger partial charge in [0.1, 0.15) is 12.1 Å². The Morgan fingerprint density at radius 1 is 1.38 bits per heavy atom. The Bertz CT molecular complexity index is 402. The van der Waals surface area contributed by atoms with E-state index in [0.717, 1.165) is 11.8 Å². The fraction of sp³-hybridized carbons (Fsp3) is 0.727. The molecule has 10 heteroatoms. The summed E-state index contributed by atoms with van der Waals surface area (Å²) in [5, 5.41) is 11.1. The summed E-state index contributed by atoms with van der Waals surface area (Å²) in [6, 6.07) is -0.942. The van der Waals surface area contributed by atoms with Gasteiger partial charge in [0.05, 0.1) is 6.61 Å². The smallest absolute Gasteiger partial charge is 0.329 e. The molecule has 2 atom stereocenters. The highest BCUT2D eigenvalue weighted by atomic mass is 32.2. The maximum atomic E-state index is 11.6. The number of carbonyl (C=O) groups is 3. The zero-order valence-electron chi connectivity index (χ0n) is 12.0. The van der Waals surface area contributed by atoms with E-state index in [1.165, 1.54) is 13.8 Å². The minimum atomic E-state index is -0.971. The number of thioether (sulfide) groups is 1. The number of hydrogen-bond donors (Lipinski definition) is 1. The summed E-state index contributed by atoms with van der Waals surface area (Å²) in [6.45, 7) is 4.41. The third-order valence-corrected chi connectivity index (χ3v) is 3.07. The molecule has 0 unspecified atom stereocenters. The first-order valence-corrected chi connectivity index (χ1v) is 7.15. The molecule has 0 fully saturated rings. The number of rotatable bonds is 9. The van der Waals surface area contributed by atoms with Crippen LogP contribution in [0, 0.1) is 10.1 Å². The molecule has 0 radical (unpaired) electrons. The Labute approximate surface area is 125 Å². The van der Waals surface area contributed by atoms with Gasteiger partial charge in [-0.3, -0.25) is 9.59 Å². The molecule has 0 saturated carbocycles. The van der Waals surface area contributed by atoms with Crippen molar-refractivity contribution in [3.8, 4) is 0 Å². The van der Waals surface area contributed by atoms with E-state index >= 15 is 0 Å². The van der Waals surface area contributed by atoms with Crippen molar-refractivity contribution in [2.45, 2.75) is 39.3 Å². The van der Waals surface area contributed by atoms with Gasteiger partial charge >= 0.3 is 5.97 Å². The molecule has 0 aromatic heterocycles. The average molecular weight is 322 g/mol. The van der Waals surface area contributed by atoms with Gasteiger partial charge in [0.25, 0.3) is 5.09 Å². The van der Waals surface area contributed by atoms with Gasteiger partial charge in [0.2, 0.25) is 5.91 Å². The van der Waals surface area contributed by atoms with Gasteiger partial charge in [-0.1, -0.05) is 11.8 Å². The van der Waals surface area contributed by atoms with Gasteiger partial charge in [0.15, 0.2) is 5.12 Å². The lowest BCUT2D eigenvalue weighted by atomic mass is 10.3. The van der Waals surface area contributed by atoms with Crippen LogP contribution in [0.15, 0.2) is 0 Å². The third kappa shape index (κ3) is 9.66. The second kappa shape index (κ2) is 9.97. The number of carbonyl (C=O) groups excluding carboxylic acids is 3. The summed E-state index contributed by atoms with van der Waals surface area (Å²) in [5.74, 6) is -1.07. The van der Waals surface area contributed by atoms with Crippen molar-refractivity contribution in [1.82, 2.24) is 5.32 Å². The first-order valence-electron chi connectivity index (χ1n) is 6.16. The van der Waals surface area contributed by atoms with Crippen LogP contribution in [0.5, 0.6) is 0 Å². The fourth-order valence-corrected chi connectivity index (χ4v) is 2.24. The van der Waals surface area contributed by atoms with Crippen LogP contribution in [0.1, 0.15) is 27.2 Å². The molecule has 21 heavy (non-hydrogen) atoms. The van der Waals surface area contributed by atoms with Crippen molar-refractivity contribution in [2.24, 2.45) is 0 Å². The lowest BCUT2D eigenvalue weighted by Crippen LogP contribution is -2.42. The Kier molecular flexibility index (Phi) is 9.10. The van der Waals surface area contributed by atoms with Crippen molar-refractivity contribution >= 4 is 28.8 Å². The molecule has 120 valence electrons. The molecule has 9 nitrogen and oxygen atoms in total. The topological polar surface area (TPSA) is 125 Å². The van der Waals surface area contributed by atoms with Crippen LogP contribution in [-0.2, 0) is 24.0 Å². The lowest BCUT2D eigenvalue weighted by molar-refractivity contribution is -0.767. The second-order valence-corrected chi connectivity index (χ2v) is 5.11. The molecule has 0 spiro atoms. The molecule has 1 N–H and O–H groups in total. The van der Waals surface area contributed by atoms with Crippen LogP contribution in [0.25, 0.3) is 0 Å². The first-order chi connectivity index (χ1) is 9.76. The molecular weight excluding hydrogens is 304 g/mol. The van der Waals surface area contributed by atoms with Crippen LogP contribution in [0.2, 0.25) is 0 Å². The number of ether oxygens (including phenoxy) is 1. The SMILES string of the molecule is CCOC(=O)[C@H](CSC(=O)C[C@H](C)O[N+](=O)[O-])NC(C)=O. The molecule has 0 saturated heterocycles. The summed E-state index contributed by atoms with van der Waals surface area (Å²) >= 11 is 0.779. The molecule has 0 aromatic rings. The summed E-state index contributed by atoms with van der Waals surface area (Å²) in [6.07, 6.45) is -1.05. The van der Waals surface area contributed by atoms with Gasteiger partial charge in [-0.15, -0.1) is 10.1 Å². The molecule has 0 bridgehead atoms. The number of nitrogens with one attached hydrogen (secondary N) is 1. The van der Waals surface area contributed by atoms with Gasteiger partial charge in [-0.05, 0) is 13.8 Å². The molecule has 0 aliphatic rings. The standard InChI is InChI=1S/C11H18N2O7S/c1-4-19-11(16)9(12-8(3)14)6-21-10(15)5-7(2)20-13(17)18/h7,9H,4-6H2,1-3H3,(H,12,14)/t7-,9-/m0/s1. The molecule has 0 rings (SSSR count). The van der Waals surface area contributed by atoms with Crippen molar-refractivity contribution in [1.29, 1.82) is 0 Å². The lowest BCUT2D eigenvalue weighted by Gasteiger charge is -2.15. The van der Waals surface area contributed by atoms with Gasteiger partial charge < -0.3 is 14.9 Å². The maximum Gasteiger partial charge on any atom is 0.329 e. The van der Waals surface area contributed by atoms with Crippen LogP contribution < -0.4 is 5.32 Å². The number of esters is 1. The monoisotopic (exact) mass is 322 g/mol. The zero-order chi connectivity index (χ0) is 16.4. The maximum absolute atomic E-state index is 11.6. The van der Waals surface area contributed by atoms with Gasteiger partial charge in [-0.25, -0.2) is 4.79 Å². The van der Waals surface area contributed by atoms with Crippen LogP contribution >= 0.6 is 11.8 Å². The van der Waals surface area contributed by atoms with E-state index in [1.807, 2.05) is 0 Å². The summed E-state index contributed by atoms with van der Waals surface area (Å²) < 4.78 is 4.78. The van der Waals surface area contributed by atoms with Gasteiger partial charge in [0, 0.05) is 19.1 Å². The van der Waals surface area contributed by atoms with E-state index in [0.29, 0.717) is 0 Å². The largest absolute Gasteiger partial charge is 0.464 e. The van der Waals surface area contributed by atoms with E-state index in [2.05, 4.69) is 10.2 Å². The molecule has 0 aliphatic carbocycles. The highest BCUT2D eigenvalue weighted by molar-refractivity contribution is 8.13. The van der Waals surface area contributed by atoms with Crippen molar-refractivity contribution in [2.75, 3.05) is 12.4 Å². The van der Waals surface area contributed by atoms with E-state index in [9.17, 15) is 24.5 Å². The van der Waals surface area contributed by atoms with Gasteiger partial charge in [-0.2, -0.15) is 0 Å². The molecular formula is C11H18N2O7S. The Balaban J connectivity index is 4.33. The van der Waals surface area contributed by atoms with E-state index in [1.54, 1.807) is 6.92 Å². The predicted octanol–water partition coefficient (Wildman–Crippen LogP) is 0.301. The highest BCUT2D eigenvalue weighted by Crippen LogP contribution is 2.12. The Morgan fingerprint density at radius 2 is 2.00 bits per heavy atom. The fourth-order valence-electron chi connectivity index (χ4n) is 1.31. The minimum Gasteiger partial charge on any atom is -0.464 e. The Hall–Kier alpha value is -1.84. The number of amides is 1. The summed E-state index contributed by atoms with van der Waals surface area (Å²) in [4.78, 5) is 48.5. The van der Waals surface area contributed by atoms with E-state index < -0.39 is 29.1 Å². The summed E-state index contributed by atoms with van der Waals surface area (Å²) in [7, 11) is 0. The minimum absolute atomic E-state index is 0.0115. The van der Waals surface area contributed by atoms with Crippen LogP contribution in [-0.4, -0.2) is 46.6 Å². The van der Waals surface area contributed by atoms with Crippen LogP contribution in [0.4, 0.5) is 0 Å². The van der Waals surface area contributed by atoms with E-state index in [4.69, 9.17) is 4.74 Å². The zero-order valence-corrected chi connectivity index (χ0v) is 12.8. The molecule has 1 amide bonds. The predicted molar refractivity (Wildman–Crippen MR) is 73.9 cm³/mol. The molecule has 0 aliphatic heterocycles. The molecule has 0 heterocycles. The Morgan fingerprint density at radius 3 is 2.48 bits per heavy atom. The first kappa shape index (κ1) is 19.2. The highest BCUT2D eigenvalue weighted by Gasteiger charge is 2.23. The number of hydrogen-bond acceptors (Lipinski definition) is 8. The summed E-state index contributed by atoms with van der Waals surface area (Å²) in [5.41, 5.74) is 0. The molecule has 0 aromatic carbocycles. The van der Waals surface area contributed by atoms with Crippen molar-refractivity contribution in [3.63, 3.8) is 0 Å². The number of nitrogens with zero attached hydrogens (tertiary/aromatic N) is 1. The normalized spacial score (nSPS) is 12.9. The van der Waals surface area contributed by atoms with Crippen molar-refractivity contribution < 1.29 is 29.0 Å².